The van der Waals surface area contributed by atoms with Crippen molar-refractivity contribution in [2.75, 3.05) is 0 Å². The fourth-order valence-electron chi connectivity index (χ4n) is 1.49. The molecule has 0 bridgehead atoms. The number of aromatic nitrogens is 2. The van der Waals surface area contributed by atoms with E-state index in [1.807, 2.05) is 29.8 Å². The average Bonchev–Trinajstić information content (AvgIpc) is 2.87. The van der Waals surface area contributed by atoms with Gasteiger partial charge in [0.25, 0.3) is 0 Å². The molecule has 4 nitrogen and oxygen atoms in total. The van der Waals surface area contributed by atoms with Gasteiger partial charge in [0, 0.05) is 12.7 Å². The van der Waals surface area contributed by atoms with E-state index in [1.54, 1.807) is 12.5 Å². The Balaban J connectivity index is 2.31. The highest BCUT2D eigenvalue weighted by atomic mass is 16.3. The lowest BCUT2D eigenvalue weighted by Crippen LogP contribution is -2.16. The Morgan fingerprint density at radius 2 is 2.43 bits per heavy atom. The highest BCUT2D eigenvalue weighted by Gasteiger charge is 2.15. The first-order valence-electron chi connectivity index (χ1n) is 4.63. The minimum absolute atomic E-state index is 0.229. The van der Waals surface area contributed by atoms with E-state index in [4.69, 9.17) is 10.2 Å². The quantitative estimate of drug-likeness (QED) is 0.800. The third kappa shape index (κ3) is 1.44. The van der Waals surface area contributed by atoms with Gasteiger partial charge in [-0.1, -0.05) is 0 Å². The molecule has 2 aromatic rings. The smallest absolute Gasteiger partial charge is 0.126 e. The summed E-state index contributed by atoms with van der Waals surface area (Å²) in [6, 6.07) is 5.39. The van der Waals surface area contributed by atoms with Crippen molar-refractivity contribution in [3.05, 3.63) is 42.1 Å². The molecule has 2 heterocycles. The number of nitrogens with zero attached hydrogens (tertiary/aromatic N) is 2. The molecule has 0 amide bonds. The molecule has 2 rings (SSSR count). The Bertz CT molecular complexity index is 391. The van der Waals surface area contributed by atoms with Gasteiger partial charge < -0.3 is 10.2 Å². The van der Waals surface area contributed by atoms with E-state index in [0.717, 1.165) is 18.0 Å². The van der Waals surface area contributed by atoms with Crippen LogP contribution in [0.1, 0.15) is 24.4 Å². The molecule has 0 fully saturated rings. The summed E-state index contributed by atoms with van der Waals surface area (Å²) in [5.41, 5.74) is 7.00. The first-order chi connectivity index (χ1) is 6.83. The number of hydrogen-bond donors (Lipinski definition) is 1. The van der Waals surface area contributed by atoms with Crippen LogP contribution >= 0.6 is 0 Å². The van der Waals surface area contributed by atoms with Crippen molar-refractivity contribution in [1.82, 2.24) is 9.78 Å². The molecule has 0 spiro atoms. The molecular weight excluding hydrogens is 178 g/mol. The molecule has 1 atom stereocenters. The summed E-state index contributed by atoms with van der Waals surface area (Å²) in [5.74, 6) is 0.764. The molecular formula is C10H13N3O. The van der Waals surface area contributed by atoms with E-state index in [1.165, 1.54) is 0 Å². The number of aryl methyl sites for hydroxylation is 1. The summed E-state index contributed by atoms with van der Waals surface area (Å²) in [4.78, 5) is 0. The van der Waals surface area contributed by atoms with Crippen LogP contribution in [0.15, 0.2) is 35.1 Å². The van der Waals surface area contributed by atoms with Gasteiger partial charge in [-0.25, -0.2) is 0 Å². The van der Waals surface area contributed by atoms with Crippen LogP contribution in [0, 0.1) is 0 Å². The van der Waals surface area contributed by atoms with Crippen molar-refractivity contribution in [3.8, 4) is 0 Å². The summed E-state index contributed by atoms with van der Waals surface area (Å²) in [6.45, 7) is 2.85. The molecule has 0 saturated carbocycles. The zero-order chi connectivity index (χ0) is 9.97. The average molecular weight is 191 g/mol. The fourth-order valence-corrected chi connectivity index (χ4v) is 1.49. The Hall–Kier alpha value is -1.55. The van der Waals surface area contributed by atoms with Gasteiger partial charge in [0.2, 0.25) is 0 Å². The molecule has 2 aromatic heterocycles. The third-order valence-electron chi connectivity index (χ3n) is 2.22. The van der Waals surface area contributed by atoms with Crippen molar-refractivity contribution >= 4 is 0 Å². The van der Waals surface area contributed by atoms with Crippen molar-refractivity contribution < 1.29 is 4.42 Å². The van der Waals surface area contributed by atoms with Crippen LogP contribution in [0.5, 0.6) is 0 Å². The van der Waals surface area contributed by atoms with Gasteiger partial charge in [0.1, 0.15) is 11.8 Å². The first-order valence-corrected chi connectivity index (χ1v) is 4.63. The lowest BCUT2D eigenvalue weighted by Gasteiger charge is -2.10. The standard InChI is InChI=1S/C10H13N3O/c1-2-13-8(5-6-12-13)10(11)9-4-3-7-14-9/h3-7,10H,2,11H2,1H3. The second-order valence-electron chi connectivity index (χ2n) is 3.06. The molecule has 74 valence electrons. The van der Waals surface area contributed by atoms with Crippen LogP contribution in [0.25, 0.3) is 0 Å². The Morgan fingerprint density at radius 1 is 1.57 bits per heavy atom. The Kier molecular flexibility index (Phi) is 2.37. The summed E-state index contributed by atoms with van der Waals surface area (Å²) < 4.78 is 7.12. The minimum Gasteiger partial charge on any atom is -0.467 e. The number of furan rings is 1. The van der Waals surface area contributed by atoms with Crippen molar-refractivity contribution in [3.63, 3.8) is 0 Å². The summed E-state index contributed by atoms with van der Waals surface area (Å²) in [7, 11) is 0. The highest BCUT2D eigenvalue weighted by Crippen LogP contribution is 2.19. The number of rotatable bonds is 3. The molecule has 1 unspecified atom stereocenters. The van der Waals surface area contributed by atoms with Gasteiger partial charge in [0.05, 0.1) is 12.0 Å². The van der Waals surface area contributed by atoms with Crippen LogP contribution in [-0.4, -0.2) is 9.78 Å². The first kappa shape index (κ1) is 9.02. The topological polar surface area (TPSA) is 57.0 Å². The van der Waals surface area contributed by atoms with Crippen molar-refractivity contribution in [1.29, 1.82) is 0 Å². The maximum absolute atomic E-state index is 6.03. The van der Waals surface area contributed by atoms with Gasteiger partial charge in [-0.15, -0.1) is 0 Å². The van der Waals surface area contributed by atoms with E-state index in [9.17, 15) is 0 Å². The van der Waals surface area contributed by atoms with Gasteiger partial charge in [-0.3, -0.25) is 4.68 Å². The molecule has 0 aliphatic heterocycles. The van der Waals surface area contributed by atoms with Gasteiger partial charge in [-0.2, -0.15) is 5.10 Å². The largest absolute Gasteiger partial charge is 0.467 e. The Morgan fingerprint density at radius 3 is 3.07 bits per heavy atom. The van der Waals surface area contributed by atoms with Crippen molar-refractivity contribution in [2.45, 2.75) is 19.5 Å². The maximum atomic E-state index is 6.03. The van der Waals surface area contributed by atoms with E-state index < -0.39 is 0 Å². The normalized spacial score (nSPS) is 13.0. The summed E-state index contributed by atoms with van der Waals surface area (Å²) in [5, 5.41) is 4.16. The predicted molar refractivity (Wildman–Crippen MR) is 52.6 cm³/mol. The van der Waals surface area contributed by atoms with Gasteiger partial charge in [0.15, 0.2) is 0 Å². The van der Waals surface area contributed by atoms with Crippen LogP contribution < -0.4 is 5.73 Å². The van der Waals surface area contributed by atoms with Gasteiger partial charge >= 0.3 is 0 Å². The minimum atomic E-state index is -0.229. The zero-order valence-electron chi connectivity index (χ0n) is 8.05. The zero-order valence-corrected chi connectivity index (χ0v) is 8.05. The molecule has 0 radical (unpaired) electrons. The van der Waals surface area contributed by atoms with E-state index in [-0.39, 0.29) is 6.04 Å². The second kappa shape index (κ2) is 3.67. The molecule has 0 aromatic carbocycles. The number of nitrogens with two attached hydrogens (primary N) is 1. The monoisotopic (exact) mass is 191 g/mol. The fraction of sp³-hybridized carbons (Fsp3) is 0.300. The lowest BCUT2D eigenvalue weighted by molar-refractivity contribution is 0.473. The molecule has 4 heteroatoms. The van der Waals surface area contributed by atoms with Crippen molar-refractivity contribution in [2.24, 2.45) is 5.73 Å². The van der Waals surface area contributed by atoms with E-state index >= 15 is 0 Å². The summed E-state index contributed by atoms with van der Waals surface area (Å²) in [6.07, 6.45) is 3.38. The molecule has 2 N–H and O–H groups in total. The van der Waals surface area contributed by atoms with Gasteiger partial charge in [-0.05, 0) is 25.1 Å². The van der Waals surface area contributed by atoms with Crippen LogP contribution in [0.2, 0.25) is 0 Å². The van der Waals surface area contributed by atoms with E-state index in [2.05, 4.69) is 5.10 Å². The molecule has 14 heavy (non-hydrogen) atoms. The number of hydrogen-bond acceptors (Lipinski definition) is 3. The summed E-state index contributed by atoms with van der Waals surface area (Å²) >= 11 is 0. The second-order valence-corrected chi connectivity index (χ2v) is 3.06. The highest BCUT2D eigenvalue weighted by molar-refractivity contribution is 5.18. The van der Waals surface area contributed by atoms with Crippen LogP contribution in [0.3, 0.4) is 0 Å². The lowest BCUT2D eigenvalue weighted by atomic mass is 10.2. The van der Waals surface area contributed by atoms with Crippen LogP contribution in [0.4, 0.5) is 0 Å². The Labute approximate surface area is 82.3 Å². The van der Waals surface area contributed by atoms with E-state index in [0.29, 0.717) is 0 Å². The molecule has 0 aliphatic rings. The SMILES string of the molecule is CCn1nccc1C(N)c1ccco1. The maximum Gasteiger partial charge on any atom is 0.126 e. The molecule has 0 saturated heterocycles. The predicted octanol–water partition coefficient (Wildman–Crippen LogP) is 1.54. The van der Waals surface area contributed by atoms with Crippen LogP contribution in [-0.2, 0) is 6.54 Å². The third-order valence-corrected chi connectivity index (χ3v) is 2.22. The molecule has 0 aliphatic carbocycles.